The van der Waals surface area contributed by atoms with Crippen molar-refractivity contribution in [3.8, 4) is 0 Å². The molecule has 0 N–H and O–H groups in total. The number of halogens is 1. The molecule has 1 atom stereocenters. The highest BCUT2D eigenvalue weighted by molar-refractivity contribution is 14.1. The summed E-state index contributed by atoms with van der Waals surface area (Å²) in [7, 11) is 0. The van der Waals surface area contributed by atoms with E-state index in [0.29, 0.717) is 0 Å². The van der Waals surface area contributed by atoms with Crippen molar-refractivity contribution in [1.29, 1.82) is 0 Å². The summed E-state index contributed by atoms with van der Waals surface area (Å²) in [6, 6.07) is 8.78. The van der Waals surface area contributed by atoms with Gasteiger partial charge in [-0.25, -0.2) is 0 Å². The molecule has 0 saturated carbocycles. The highest BCUT2D eigenvalue weighted by atomic mass is 127. The van der Waals surface area contributed by atoms with Crippen molar-refractivity contribution in [1.82, 2.24) is 0 Å². The lowest BCUT2D eigenvalue weighted by Gasteiger charge is -2.03. The molecular formula is C14H13I. The zero-order valence-electron chi connectivity index (χ0n) is 8.76. The van der Waals surface area contributed by atoms with Crippen molar-refractivity contribution in [2.75, 3.05) is 0 Å². The molecule has 1 aromatic carbocycles. The Balaban J connectivity index is 2.18. The van der Waals surface area contributed by atoms with Gasteiger partial charge in [0.15, 0.2) is 0 Å². The van der Waals surface area contributed by atoms with Crippen LogP contribution in [-0.4, -0.2) is 0 Å². The average molecular weight is 308 g/mol. The second kappa shape index (κ2) is 3.48. The summed E-state index contributed by atoms with van der Waals surface area (Å²) in [4.78, 5) is 0. The molecule has 0 heterocycles. The van der Waals surface area contributed by atoms with Gasteiger partial charge in [0.1, 0.15) is 0 Å². The molecule has 0 aromatic heterocycles. The number of rotatable bonds is 1. The summed E-state index contributed by atoms with van der Waals surface area (Å²) in [6.07, 6.45) is 4.98. The van der Waals surface area contributed by atoms with Crippen LogP contribution in [0.25, 0.3) is 9.15 Å². The van der Waals surface area contributed by atoms with Gasteiger partial charge in [-0.05, 0) is 63.6 Å². The summed E-state index contributed by atoms with van der Waals surface area (Å²) >= 11 is 2.51. The Bertz CT molecular complexity index is 480. The molecular weight excluding hydrogens is 295 g/mol. The van der Waals surface area contributed by atoms with Crippen LogP contribution >= 0.6 is 22.6 Å². The molecule has 1 aromatic rings. The average Bonchev–Trinajstić information content (AvgIpc) is 2.80. The lowest BCUT2D eigenvalue weighted by molar-refractivity contribution is 0.650. The first-order valence-electron chi connectivity index (χ1n) is 5.52. The third kappa shape index (κ3) is 1.32. The highest BCUT2D eigenvalue weighted by Gasteiger charge is 2.30. The highest BCUT2D eigenvalue weighted by Crippen LogP contribution is 2.51. The van der Waals surface area contributed by atoms with E-state index in [1.807, 2.05) is 0 Å². The van der Waals surface area contributed by atoms with Gasteiger partial charge in [-0.1, -0.05) is 37.3 Å². The van der Waals surface area contributed by atoms with E-state index in [0.717, 1.165) is 5.92 Å². The van der Waals surface area contributed by atoms with Gasteiger partial charge in [0, 0.05) is 3.58 Å². The number of hydrogen-bond acceptors (Lipinski definition) is 0. The largest absolute Gasteiger partial charge is 0.0729 e. The molecule has 76 valence electrons. The Morgan fingerprint density at radius 2 is 2.00 bits per heavy atom. The Hall–Kier alpha value is -0.570. The number of allylic oxidation sites excluding steroid dienone is 3. The van der Waals surface area contributed by atoms with Crippen molar-refractivity contribution < 1.29 is 0 Å². The van der Waals surface area contributed by atoms with E-state index in [2.05, 4.69) is 59.9 Å². The van der Waals surface area contributed by atoms with Crippen molar-refractivity contribution in [2.24, 2.45) is 5.92 Å². The van der Waals surface area contributed by atoms with E-state index in [1.165, 1.54) is 33.1 Å². The van der Waals surface area contributed by atoms with E-state index >= 15 is 0 Å². The molecule has 0 bridgehead atoms. The van der Waals surface area contributed by atoms with E-state index in [1.54, 1.807) is 5.57 Å². The van der Waals surface area contributed by atoms with Gasteiger partial charge in [-0.2, -0.15) is 0 Å². The van der Waals surface area contributed by atoms with E-state index in [4.69, 9.17) is 0 Å². The minimum Gasteiger partial charge on any atom is -0.0729 e. The van der Waals surface area contributed by atoms with Crippen molar-refractivity contribution in [3.05, 3.63) is 47.0 Å². The van der Waals surface area contributed by atoms with E-state index < -0.39 is 0 Å². The molecule has 0 nitrogen and oxygen atoms in total. The van der Waals surface area contributed by atoms with Crippen molar-refractivity contribution >= 4 is 31.7 Å². The van der Waals surface area contributed by atoms with Crippen LogP contribution in [0.1, 0.15) is 30.9 Å². The first-order chi connectivity index (χ1) is 7.31. The molecule has 15 heavy (non-hydrogen) atoms. The van der Waals surface area contributed by atoms with Gasteiger partial charge in [0.05, 0.1) is 0 Å². The lowest BCUT2D eigenvalue weighted by Crippen LogP contribution is -1.88. The van der Waals surface area contributed by atoms with Gasteiger partial charge in [0.25, 0.3) is 0 Å². The molecule has 0 spiro atoms. The third-order valence-corrected chi connectivity index (χ3v) is 4.67. The predicted octanol–water partition coefficient (Wildman–Crippen LogP) is 4.66. The van der Waals surface area contributed by atoms with Crippen LogP contribution in [0, 0.1) is 5.92 Å². The zero-order valence-corrected chi connectivity index (χ0v) is 10.9. The smallest absolute Gasteiger partial charge is 0.0247 e. The zero-order chi connectivity index (χ0) is 10.4. The molecule has 0 saturated heterocycles. The Labute approximate surface area is 104 Å². The second-order valence-electron chi connectivity index (χ2n) is 4.29. The minimum atomic E-state index is 0.771. The fourth-order valence-corrected chi connectivity index (χ4v) is 3.54. The molecule has 0 radical (unpaired) electrons. The fraction of sp³-hybridized carbons (Fsp3) is 0.286. The van der Waals surface area contributed by atoms with Gasteiger partial charge >= 0.3 is 0 Å². The maximum absolute atomic E-state index is 2.51. The summed E-state index contributed by atoms with van der Waals surface area (Å²) in [5, 5.41) is 0. The molecule has 1 heteroatoms. The number of benzene rings is 1. The second-order valence-corrected chi connectivity index (χ2v) is 5.37. The third-order valence-electron chi connectivity index (χ3n) is 3.44. The van der Waals surface area contributed by atoms with Crippen molar-refractivity contribution in [3.63, 3.8) is 0 Å². The normalized spacial score (nSPS) is 22.8. The predicted molar refractivity (Wildman–Crippen MR) is 73.8 cm³/mol. The van der Waals surface area contributed by atoms with E-state index in [9.17, 15) is 0 Å². The SMILES string of the molecule is CC[C@@H]1C=C2C(=C(I)c3ccccc32)C1. The maximum atomic E-state index is 2.51. The van der Waals surface area contributed by atoms with Gasteiger partial charge in [-0.3, -0.25) is 0 Å². The van der Waals surface area contributed by atoms with Gasteiger partial charge < -0.3 is 0 Å². The molecule has 0 fully saturated rings. The standard InChI is InChI=1S/C14H13I/c1-2-9-7-12-10-5-3-4-6-11(10)14(15)13(12)8-9/h3-7,9H,2,8H2,1H3/t9-/m1/s1. The summed E-state index contributed by atoms with van der Waals surface area (Å²) in [5.74, 6) is 0.771. The van der Waals surface area contributed by atoms with Crippen LogP contribution in [0.2, 0.25) is 0 Å². The van der Waals surface area contributed by atoms with Crippen LogP contribution in [-0.2, 0) is 0 Å². The molecule has 3 rings (SSSR count). The number of fused-ring (bicyclic) bond motifs is 3. The minimum absolute atomic E-state index is 0.771. The van der Waals surface area contributed by atoms with Crippen LogP contribution in [0.5, 0.6) is 0 Å². The summed E-state index contributed by atoms with van der Waals surface area (Å²) in [6.45, 7) is 2.28. The van der Waals surface area contributed by atoms with Crippen LogP contribution in [0.15, 0.2) is 35.9 Å². The Morgan fingerprint density at radius 1 is 1.27 bits per heavy atom. The lowest BCUT2D eigenvalue weighted by atomic mass is 10.0. The molecule has 2 aliphatic carbocycles. The fourth-order valence-electron chi connectivity index (χ4n) is 2.56. The van der Waals surface area contributed by atoms with E-state index in [-0.39, 0.29) is 0 Å². The molecule has 0 unspecified atom stereocenters. The molecule has 2 aliphatic rings. The molecule has 0 amide bonds. The van der Waals surface area contributed by atoms with Gasteiger partial charge in [0.2, 0.25) is 0 Å². The van der Waals surface area contributed by atoms with Gasteiger partial charge in [-0.15, -0.1) is 0 Å². The monoisotopic (exact) mass is 308 g/mol. The maximum Gasteiger partial charge on any atom is 0.0247 e. The van der Waals surface area contributed by atoms with Crippen molar-refractivity contribution in [2.45, 2.75) is 19.8 Å². The topological polar surface area (TPSA) is 0 Å². The van der Waals surface area contributed by atoms with Crippen LogP contribution in [0.3, 0.4) is 0 Å². The first kappa shape index (κ1) is 9.64. The summed E-state index contributed by atoms with van der Waals surface area (Å²) < 4.78 is 1.48. The molecule has 0 aliphatic heterocycles. The Morgan fingerprint density at radius 3 is 2.73 bits per heavy atom. The van der Waals surface area contributed by atoms with Crippen LogP contribution < -0.4 is 0 Å². The first-order valence-corrected chi connectivity index (χ1v) is 6.59. The quantitative estimate of drug-likeness (QED) is 0.662. The van der Waals surface area contributed by atoms with Crippen LogP contribution in [0.4, 0.5) is 0 Å². The number of hydrogen-bond donors (Lipinski definition) is 0. The Kier molecular flexibility index (Phi) is 2.23. The summed E-state index contributed by atoms with van der Waals surface area (Å²) in [5.41, 5.74) is 5.99.